The highest BCUT2D eigenvalue weighted by molar-refractivity contribution is 5.03. The smallest absolute Gasteiger partial charge is 0.229 e. The Bertz CT molecular complexity index is 329. The van der Waals surface area contributed by atoms with Crippen LogP contribution < -0.4 is 5.32 Å². The van der Waals surface area contributed by atoms with Gasteiger partial charge in [0.25, 0.3) is 0 Å². The van der Waals surface area contributed by atoms with Crippen LogP contribution in [0.4, 0.5) is 0 Å². The molecule has 1 aliphatic heterocycles. The molecule has 0 radical (unpaired) electrons. The first kappa shape index (κ1) is 9.30. The Labute approximate surface area is 88.2 Å². The molecule has 1 aromatic rings. The Morgan fingerprint density at radius 1 is 1.40 bits per heavy atom. The Kier molecular flexibility index (Phi) is 2.42. The van der Waals surface area contributed by atoms with E-state index < -0.39 is 0 Å². The molecule has 0 spiro atoms. The summed E-state index contributed by atoms with van der Waals surface area (Å²) >= 11 is 0. The SMILES string of the molecule is C1CO[C@H](Cc2nc(C3CC3)no2)CN1. The van der Waals surface area contributed by atoms with E-state index in [2.05, 4.69) is 15.5 Å². The summed E-state index contributed by atoms with van der Waals surface area (Å²) in [5, 5.41) is 7.26. The molecular formula is C10H15N3O2. The molecule has 2 heterocycles. The van der Waals surface area contributed by atoms with Crippen molar-refractivity contribution in [3.8, 4) is 0 Å². The number of hydrogen-bond donors (Lipinski definition) is 1. The first-order valence-corrected chi connectivity index (χ1v) is 5.56. The molecule has 1 saturated heterocycles. The molecule has 15 heavy (non-hydrogen) atoms. The van der Waals surface area contributed by atoms with Gasteiger partial charge >= 0.3 is 0 Å². The predicted octanol–water partition coefficient (Wildman–Crippen LogP) is 0.478. The fraction of sp³-hybridized carbons (Fsp3) is 0.800. The van der Waals surface area contributed by atoms with Crippen molar-refractivity contribution in [1.82, 2.24) is 15.5 Å². The lowest BCUT2D eigenvalue weighted by molar-refractivity contribution is 0.0246. The summed E-state index contributed by atoms with van der Waals surface area (Å²) in [6.07, 6.45) is 3.33. The molecule has 2 aliphatic rings. The second-order valence-corrected chi connectivity index (χ2v) is 4.22. The lowest BCUT2D eigenvalue weighted by atomic mass is 10.2. The molecule has 5 nitrogen and oxygen atoms in total. The van der Waals surface area contributed by atoms with Crippen LogP contribution in [-0.4, -0.2) is 35.9 Å². The Hall–Kier alpha value is -0.940. The Morgan fingerprint density at radius 2 is 2.33 bits per heavy atom. The summed E-state index contributed by atoms with van der Waals surface area (Å²) in [5.74, 6) is 2.16. The van der Waals surface area contributed by atoms with Crippen molar-refractivity contribution in [3.63, 3.8) is 0 Å². The third-order valence-corrected chi connectivity index (χ3v) is 2.83. The minimum Gasteiger partial charge on any atom is -0.375 e. The quantitative estimate of drug-likeness (QED) is 0.784. The topological polar surface area (TPSA) is 60.2 Å². The van der Waals surface area contributed by atoms with Crippen LogP contribution >= 0.6 is 0 Å². The van der Waals surface area contributed by atoms with Gasteiger partial charge in [-0.05, 0) is 12.8 Å². The third kappa shape index (κ3) is 2.18. The van der Waals surface area contributed by atoms with Gasteiger partial charge in [-0.3, -0.25) is 0 Å². The van der Waals surface area contributed by atoms with Crippen LogP contribution in [0.15, 0.2) is 4.52 Å². The fourth-order valence-electron chi connectivity index (χ4n) is 1.80. The molecule has 0 aromatic carbocycles. The molecule has 1 atom stereocenters. The molecule has 0 amide bonds. The van der Waals surface area contributed by atoms with Gasteiger partial charge in [0.05, 0.1) is 19.1 Å². The van der Waals surface area contributed by atoms with Crippen molar-refractivity contribution >= 4 is 0 Å². The molecule has 1 aliphatic carbocycles. The van der Waals surface area contributed by atoms with Crippen LogP contribution in [0, 0.1) is 0 Å². The van der Waals surface area contributed by atoms with E-state index in [9.17, 15) is 0 Å². The molecule has 1 saturated carbocycles. The minimum absolute atomic E-state index is 0.186. The van der Waals surface area contributed by atoms with Gasteiger partial charge in [-0.2, -0.15) is 4.98 Å². The van der Waals surface area contributed by atoms with Crippen molar-refractivity contribution in [1.29, 1.82) is 0 Å². The average Bonchev–Trinajstić information content (AvgIpc) is 3.02. The van der Waals surface area contributed by atoms with E-state index in [1.54, 1.807) is 0 Å². The highest BCUT2D eigenvalue weighted by Gasteiger charge is 2.29. The molecule has 3 rings (SSSR count). The highest BCUT2D eigenvalue weighted by Crippen LogP contribution is 2.38. The zero-order valence-corrected chi connectivity index (χ0v) is 8.61. The first-order chi connectivity index (χ1) is 7.42. The molecule has 2 fully saturated rings. The van der Waals surface area contributed by atoms with E-state index in [0.717, 1.165) is 31.9 Å². The second-order valence-electron chi connectivity index (χ2n) is 4.22. The van der Waals surface area contributed by atoms with Gasteiger partial charge in [-0.1, -0.05) is 5.16 Å². The maximum Gasteiger partial charge on any atom is 0.229 e. The average molecular weight is 209 g/mol. The number of morpholine rings is 1. The number of ether oxygens (including phenoxy) is 1. The summed E-state index contributed by atoms with van der Waals surface area (Å²) in [5.41, 5.74) is 0. The third-order valence-electron chi connectivity index (χ3n) is 2.83. The normalized spacial score (nSPS) is 26.8. The molecule has 82 valence electrons. The van der Waals surface area contributed by atoms with Crippen LogP contribution in [0.1, 0.15) is 30.5 Å². The number of aromatic nitrogens is 2. The van der Waals surface area contributed by atoms with Crippen LogP contribution in [-0.2, 0) is 11.2 Å². The number of rotatable bonds is 3. The Morgan fingerprint density at radius 3 is 3.07 bits per heavy atom. The van der Waals surface area contributed by atoms with Crippen molar-refractivity contribution in [2.24, 2.45) is 0 Å². The summed E-state index contributed by atoms with van der Waals surface area (Å²) in [6, 6.07) is 0. The van der Waals surface area contributed by atoms with E-state index in [1.165, 1.54) is 12.8 Å². The van der Waals surface area contributed by atoms with Gasteiger partial charge in [-0.15, -0.1) is 0 Å². The summed E-state index contributed by atoms with van der Waals surface area (Å²) < 4.78 is 10.8. The standard InChI is InChI=1S/C10H15N3O2/c1-2-7(1)10-12-9(15-13-10)5-8-6-11-3-4-14-8/h7-8,11H,1-6H2/t8-/m1/s1. The highest BCUT2D eigenvalue weighted by atomic mass is 16.5. The van der Waals surface area contributed by atoms with E-state index in [-0.39, 0.29) is 6.10 Å². The zero-order valence-electron chi connectivity index (χ0n) is 8.61. The fourth-order valence-corrected chi connectivity index (χ4v) is 1.80. The number of nitrogens with one attached hydrogen (secondary N) is 1. The first-order valence-electron chi connectivity index (χ1n) is 5.56. The van der Waals surface area contributed by atoms with Crippen molar-refractivity contribution < 1.29 is 9.26 Å². The van der Waals surface area contributed by atoms with Crippen LogP contribution in [0.2, 0.25) is 0 Å². The molecule has 0 bridgehead atoms. The minimum atomic E-state index is 0.186. The van der Waals surface area contributed by atoms with Crippen molar-refractivity contribution in [2.45, 2.75) is 31.3 Å². The van der Waals surface area contributed by atoms with Crippen LogP contribution in [0.5, 0.6) is 0 Å². The monoisotopic (exact) mass is 209 g/mol. The van der Waals surface area contributed by atoms with Gasteiger partial charge in [0, 0.05) is 19.0 Å². The molecule has 0 unspecified atom stereocenters. The van der Waals surface area contributed by atoms with Gasteiger partial charge in [0.2, 0.25) is 5.89 Å². The maximum atomic E-state index is 5.58. The largest absolute Gasteiger partial charge is 0.375 e. The van der Waals surface area contributed by atoms with Gasteiger partial charge in [0.1, 0.15) is 0 Å². The van der Waals surface area contributed by atoms with Crippen LogP contribution in [0.3, 0.4) is 0 Å². The van der Waals surface area contributed by atoms with E-state index in [1.807, 2.05) is 0 Å². The van der Waals surface area contributed by atoms with Gasteiger partial charge < -0.3 is 14.6 Å². The summed E-state index contributed by atoms with van der Waals surface area (Å²) in [6.45, 7) is 2.59. The van der Waals surface area contributed by atoms with Gasteiger partial charge in [-0.25, -0.2) is 0 Å². The van der Waals surface area contributed by atoms with Crippen molar-refractivity contribution in [3.05, 3.63) is 11.7 Å². The Balaban J connectivity index is 1.60. The number of nitrogens with zero attached hydrogens (tertiary/aromatic N) is 2. The second kappa shape index (κ2) is 3.90. The van der Waals surface area contributed by atoms with E-state index in [0.29, 0.717) is 11.8 Å². The summed E-state index contributed by atoms with van der Waals surface area (Å²) in [4.78, 5) is 4.38. The van der Waals surface area contributed by atoms with Gasteiger partial charge in [0.15, 0.2) is 5.82 Å². The van der Waals surface area contributed by atoms with E-state index in [4.69, 9.17) is 9.26 Å². The van der Waals surface area contributed by atoms with Crippen molar-refractivity contribution in [2.75, 3.05) is 19.7 Å². The number of hydrogen-bond acceptors (Lipinski definition) is 5. The summed E-state index contributed by atoms with van der Waals surface area (Å²) in [7, 11) is 0. The lowest BCUT2D eigenvalue weighted by Crippen LogP contribution is -2.39. The lowest BCUT2D eigenvalue weighted by Gasteiger charge is -2.21. The molecule has 1 aromatic heterocycles. The zero-order chi connectivity index (χ0) is 10.1. The molecule has 5 heteroatoms. The van der Waals surface area contributed by atoms with Crippen LogP contribution in [0.25, 0.3) is 0 Å². The molecular weight excluding hydrogens is 194 g/mol. The van der Waals surface area contributed by atoms with E-state index >= 15 is 0 Å². The maximum absolute atomic E-state index is 5.58. The predicted molar refractivity (Wildman–Crippen MR) is 52.6 cm³/mol. The molecule has 1 N–H and O–H groups in total.